The molecule has 1 aromatic carbocycles. The molecule has 17 heavy (non-hydrogen) atoms. The summed E-state index contributed by atoms with van der Waals surface area (Å²) in [5.41, 5.74) is 2.63. The summed E-state index contributed by atoms with van der Waals surface area (Å²) >= 11 is 0. The molecule has 5 heteroatoms. The van der Waals surface area contributed by atoms with Crippen LogP contribution in [0.5, 0.6) is 0 Å². The molecule has 0 saturated carbocycles. The molecule has 1 heterocycles. The molecule has 0 spiro atoms. The molecule has 0 aliphatic carbocycles. The smallest absolute Gasteiger partial charge is 0.273 e. The van der Waals surface area contributed by atoms with E-state index in [4.69, 9.17) is 0 Å². The van der Waals surface area contributed by atoms with E-state index in [2.05, 4.69) is 4.98 Å². The second-order valence-corrected chi connectivity index (χ2v) is 4.16. The summed E-state index contributed by atoms with van der Waals surface area (Å²) in [5.74, 6) is 0. The minimum Gasteiger partial charge on any atom is -0.322 e. The first kappa shape index (κ1) is 11.3. The normalized spacial score (nSPS) is 10.8. The van der Waals surface area contributed by atoms with Gasteiger partial charge in [-0.15, -0.1) is 0 Å². The van der Waals surface area contributed by atoms with E-state index in [0.717, 1.165) is 10.9 Å². The van der Waals surface area contributed by atoms with Crippen LogP contribution in [0.2, 0.25) is 0 Å². The Morgan fingerprint density at radius 1 is 1.18 bits per heavy atom. The lowest BCUT2D eigenvalue weighted by atomic mass is 10.00. The third kappa shape index (κ3) is 1.69. The van der Waals surface area contributed by atoms with E-state index >= 15 is 0 Å². The SMILES string of the molecule is Cc1cc([N+](=O)[O-])c(C)c2c(C)cc(=O)[nH]c12. The number of fused-ring (bicyclic) bond motifs is 1. The molecule has 1 aromatic heterocycles. The van der Waals surface area contributed by atoms with E-state index < -0.39 is 4.92 Å². The molecule has 0 amide bonds. The van der Waals surface area contributed by atoms with E-state index in [1.165, 1.54) is 12.1 Å². The Bertz CT molecular complexity index is 686. The number of nitro benzene ring substituents is 1. The number of hydrogen-bond donors (Lipinski definition) is 1. The van der Waals surface area contributed by atoms with Gasteiger partial charge in [0.1, 0.15) is 0 Å². The highest BCUT2D eigenvalue weighted by molar-refractivity contribution is 5.90. The van der Waals surface area contributed by atoms with Gasteiger partial charge in [-0.1, -0.05) is 0 Å². The second-order valence-electron chi connectivity index (χ2n) is 4.16. The number of nitrogens with one attached hydrogen (secondary N) is 1. The average molecular weight is 232 g/mol. The zero-order valence-corrected chi connectivity index (χ0v) is 9.83. The second kappa shape index (κ2) is 3.69. The van der Waals surface area contributed by atoms with Gasteiger partial charge < -0.3 is 4.98 Å². The quantitative estimate of drug-likeness (QED) is 0.605. The molecule has 5 nitrogen and oxygen atoms in total. The van der Waals surface area contributed by atoms with Crippen LogP contribution in [0.4, 0.5) is 5.69 Å². The minimum atomic E-state index is -0.397. The van der Waals surface area contributed by atoms with Crippen LogP contribution in [-0.2, 0) is 0 Å². The summed E-state index contributed by atoms with van der Waals surface area (Å²) in [6.07, 6.45) is 0. The van der Waals surface area contributed by atoms with Crippen molar-refractivity contribution in [2.45, 2.75) is 20.8 Å². The molecule has 2 rings (SSSR count). The lowest BCUT2D eigenvalue weighted by Crippen LogP contribution is -2.07. The van der Waals surface area contributed by atoms with E-state index in [1.54, 1.807) is 20.8 Å². The largest absolute Gasteiger partial charge is 0.322 e. The fourth-order valence-electron chi connectivity index (χ4n) is 2.17. The van der Waals surface area contributed by atoms with Crippen LogP contribution in [0.3, 0.4) is 0 Å². The molecule has 0 saturated heterocycles. The van der Waals surface area contributed by atoms with Gasteiger partial charge in [-0.2, -0.15) is 0 Å². The monoisotopic (exact) mass is 232 g/mol. The first-order valence-corrected chi connectivity index (χ1v) is 5.20. The van der Waals surface area contributed by atoms with Gasteiger partial charge in [0.25, 0.3) is 5.69 Å². The van der Waals surface area contributed by atoms with Crippen molar-refractivity contribution in [3.05, 3.63) is 49.3 Å². The summed E-state index contributed by atoms with van der Waals surface area (Å²) in [5, 5.41) is 11.7. The fraction of sp³-hybridized carbons (Fsp3) is 0.250. The van der Waals surface area contributed by atoms with Crippen molar-refractivity contribution in [3.8, 4) is 0 Å². The average Bonchev–Trinajstić information content (AvgIpc) is 2.21. The van der Waals surface area contributed by atoms with Crippen LogP contribution in [0.1, 0.15) is 16.7 Å². The van der Waals surface area contributed by atoms with Gasteiger partial charge >= 0.3 is 0 Å². The molecule has 0 fully saturated rings. The maximum atomic E-state index is 11.4. The van der Waals surface area contributed by atoms with Crippen LogP contribution < -0.4 is 5.56 Å². The zero-order chi connectivity index (χ0) is 12.7. The molecule has 0 radical (unpaired) electrons. The Morgan fingerprint density at radius 3 is 2.41 bits per heavy atom. The van der Waals surface area contributed by atoms with Crippen LogP contribution >= 0.6 is 0 Å². The number of rotatable bonds is 1. The molecule has 0 aliphatic heterocycles. The molecule has 0 aliphatic rings. The van der Waals surface area contributed by atoms with Gasteiger partial charge in [-0.25, -0.2) is 0 Å². The number of pyridine rings is 1. The summed E-state index contributed by atoms with van der Waals surface area (Å²) in [4.78, 5) is 24.7. The van der Waals surface area contributed by atoms with Crippen molar-refractivity contribution >= 4 is 16.6 Å². The molecule has 0 atom stereocenters. The van der Waals surface area contributed by atoms with E-state index in [0.29, 0.717) is 16.6 Å². The predicted octanol–water partition coefficient (Wildman–Crippen LogP) is 2.36. The molecule has 2 aromatic rings. The number of H-pyrrole nitrogens is 1. The van der Waals surface area contributed by atoms with Crippen LogP contribution in [0.15, 0.2) is 16.9 Å². The van der Waals surface area contributed by atoms with E-state index in [-0.39, 0.29) is 11.2 Å². The Morgan fingerprint density at radius 2 is 1.82 bits per heavy atom. The van der Waals surface area contributed by atoms with Gasteiger partial charge in [0.15, 0.2) is 0 Å². The number of nitro groups is 1. The minimum absolute atomic E-state index is 0.0881. The lowest BCUT2D eigenvalue weighted by Gasteiger charge is -2.08. The number of aryl methyl sites for hydroxylation is 3. The Labute approximate surface area is 97.2 Å². The third-order valence-corrected chi connectivity index (χ3v) is 2.94. The Balaban J connectivity index is 3.04. The molecule has 0 bridgehead atoms. The number of aromatic amines is 1. The lowest BCUT2D eigenvalue weighted by molar-refractivity contribution is -0.385. The van der Waals surface area contributed by atoms with Gasteiger partial charge in [-0.05, 0) is 31.9 Å². The number of aromatic nitrogens is 1. The van der Waals surface area contributed by atoms with Gasteiger partial charge in [0, 0.05) is 23.1 Å². The topological polar surface area (TPSA) is 76.0 Å². The van der Waals surface area contributed by atoms with Gasteiger partial charge in [-0.3, -0.25) is 14.9 Å². The highest BCUT2D eigenvalue weighted by Crippen LogP contribution is 2.30. The first-order valence-electron chi connectivity index (χ1n) is 5.20. The fourth-order valence-corrected chi connectivity index (χ4v) is 2.17. The predicted molar refractivity (Wildman–Crippen MR) is 65.4 cm³/mol. The first-order chi connectivity index (χ1) is 7.91. The third-order valence-electron chi connectivity index (χ3n) is 2.94. The maximum absolute atomic E-state index is 11.4. The van der Waals surface area contributed by atoms with Crippen molar-refractivity contribution in [1.29, 1.82) is 0 Å². The van der Waals surface area contributed by atoms with Crippen LogP contribution in [-0.4, -0.2) is 9.91 Å². The highest BCUT2D eigenvalue weighted by atomic mass is 16.6. The zero-order valence-electron chi connectivity index (χ0n) is 9.83. The number of benzene rings is 1. The van der Waals surface area contributed by atoms with Crippen LogP contribution in [0.25, 0.3) is 10.9 Å². The van der Waals surface area contributed by atoms with Crippen molar-refractivity contribution in [2.24, 2.45) is 0 Å². The highest BCUT2D eigenvalue weighted by Gasteiger charge is 2.17. The van der Waals surface area contributed by atoms with Crippen molar-refractivity contribution < 1.29 is 4.92 Å². The summed E-state index contributed by atoms with van der Waals surface area (Å²) in [6, 6.07) is 2.95. The maximum Gasteiger partial charge on any atom is 0.273 e. The summed E-state index contributed by atoms with van der Waals surface area (Å²) in [6.45, 7) is 5.24. The standard InChI is InChI=1S/C12H12N2O3/c1-6-5-10(15)13-12-7(2)4-9(14(16)17)8(3)11(6)12/h4-5H,1-3H3,(H,13,15). The molecule has 88 valence electrons. The number of nitrogens with zero attached hydrogens (tertiary/aromatic N) is 1. The van der Waals surface area contributed by atoms with Crippen LogP contribution in [0, 0.1) is 30.9 Å². The summed E-state index contributed by atoms with van der Waals surface area (Å²) in [7, 11) is 0. The van der Waals surface area contributed by atoms with Crippen molar-refractivity contribution in [3.63, 3.8) is 0 Å². The summed E-state index contributed by atoms with van der Waals surface area (Å²) < 4.78 is 0. The Kier molecular flexibility index (Phi) is 2.46. The van der Waals surface area contributed by atoms with E-state index in [1.807, 2.05) is 0 Å². The Hall–Kier alpha value is -2.17. The molecule has 1 N–H and O–H groups in total. The van der Waals surface area contributed by atoms with Crippen molar-refractivity contribution in [2.75, 3.05) is 0 Å². The number of hydrogen-bond acceptors (Lipinski definition) is 3. The molecular formula is C12H12N2O3. The van der Waals surface area contributed by atoms with Gasteiger partial charge in [0.2, 0.25) is 5.56 Å². The molecule has 0 unspecified atom stereocenters. The van der Waals surface area contributed by atoms with Gasteiger partial charge in [0.05, 0.1) is 10.4 Å². The van der Waals surface area contributed by atoms with Crippen molar-refractivity contribution in [1.82, 2.24) is 4.98 Å². The molecular weight excluding hydrogens is 220 g/mol. The van der Waals surface area contributed by atoms with E-state index in [9.17, 15) is 14.9 Å².